The van der Waals surface area contributed by atoms with Crippen molar-refractivity contribution >= 4 is 35.2 Å². The Morgan fingerprint density at radius 1 is 1.37 bits per heavy atom. The largest absolute Gasteiger partial charge is 0.396 e. The second kappa shape index (κ2) is 6.42. The highest BCUT2D eigenvalue weighted by Crippen LogP contribution is 2.20. The van der Waals surface area contributed by atoms with E-state index in [0.29, 0.717) is 23.1 Å². The lowest BCUT2D eigenvalue weighted by Crippen LogP contribution is -2.27. The standard InChI is InChI=1S/C14H15Cl2NO2/c15-12-5-10(6-13(16)7-12)1-2-14(19)17-4-3-11(8-17)9-18/h1-2,5-7,11,18H,3-4,8-9H2. The number of benzene rings is 1. The summed E-state index contributed by atoms with van der Waals surface area (Å²) in [6.45, 7) is 1.46. The van der Waals surface area contributed by atoms with Gasteiger partial charge in [0.25, 0.3) is 0 Å². The minimum absolute atomic E-state index is 0.0490. The number of carbonyl (C=O) groups is 1. The van der Waals surface area contributed by atoms with Gasteiger partial charge in [-0.25, -0.2) is 0 Å². The number of hydrogen-bond acceptors (Lipinski definition) is 2. The summed E-state index contributed by atoms with van der Waals surface area (Å²) in [5.41, 5.74) is 0.795. The van der Waals surface area contributed by atoms with E-state index in [9.17, 15) is 4.79 Å². The molecule has 1 heterocycles. The molecule has 0 saturated carbocycles. The van der Waals surface area contributed by atoms with Crippen molar-refractivity contribution in [3.8, 4) is 0 Å². The second-order valence-electron chi connectivity index (χ2n) is 4.66. The average Bonchev–Trinajstić information content (AvgIpc) is 2.83. The first-order chi connectivity index (χ1) is 9.08. The van der Waals surface area contributed by atoms with Crippen molar-refractivity contribution in [2.75, 3.05) is 19.7 Å². The molecule has 5 heteroatoms. The number of carbonyl (C=O) groups excluding carboxylic acids is 1. The van der Waals surface area contributed by atoms with Gasteiger partial charge in [0.2, 0.25) is 5.91 Å². The van der Waals surface area contributed by atoms with Crippen molar-refractivity contribution in [3.05, 3.63) is 39.9 Å². The summed E-state index contributed by atoms with van der Waals surface area (Å²) in [5.74, 6) is 0.157. The van der Waals surface area contributed by atoms with Crippen LogP contribution < -0.4 is 0 Å². The molecule has 19 heavy (non-hydrogen) atoms. The number of hydrogen-bond donors (Lipinski definition) is 1. The zero-order chi connectivity index (χ0) is 13.8. The Balaban J connectivity index is 2.00. The molecular weight excluding hydrogens is 285 g/mol. The van der Waals surface area contributed by atoms with Crippen LogP contribution >= 0.6 is 23.2 Å². The third kappa shape index (κ3) is 3.96. The van der Waals surface area contributed by atoms with Crippen molar-refractivity contribution in [3.63, 3.8) is 0 Å². The maximum absolute atomic E-state index is 11.9. The van der Waals surface area contributed by atoms with Crippen LogP contribution in [-0.2, 0) is 4.79 Å². The molecular formula is C14H15Cl2NO2. The van der Waals surface area contributed by atoms with E-state index in [2.05, 4.69) is 0 Å². The fourth-order valence-electron chi connectivity index (χ4n) is 2.13. The monoisotopic (exact) mass is 299 g/mol. The van der Waals surface area contributed by atoms with E-state index in [1.165, 1.54) is 6.08 Å². The fraction of sp³-hybridized carbons (Fsp3) is 0.357. The lowest BCUT2D eigenvalue weighted by atomic mass is 10.1. The maximum atomic E-state index is 11.9. The summed E-state index contributed by atoms with van der Waals surface area (Å²) < 4.78 is 0. The Bertz CT molecular complexity index is 482. The van der Waals surface area contributed by atoms with Crippen LogP contribution in [0.3, 0.4) is 0 Å². The van der Waals surface area contributed by atoms with Gasteiger partial charge in [-0.1, -0.05) is 23.2 Å². The highest BCUT2D eigenvalue weighted by atomic mass is 35.5. The highest BCUT2D eigenvalue weighted by Gasteiger charge is 2.23. The molecule has 1 unspecified atom stereocenters. The Morgan fingerprint density at radius 3 is 2.63 bits per heavy atom. The van der Waals surface area contributed by atoms with Gasteiger partial charge in [-0.2, -0.15) is 0 Å². The van der Waals surface area contributed by atoms with Crippen LogP contribution in [0.1, 0.15) is 12.0 Å². The quantitative estimate of drug-likeness (QED) is 0.872. The average molecular weight is 300 g/mol. The van der Waals surface area contributed by atoms with Gasteiger partial charge in [-0.05, 0) is 36.3 Å². The number of aliphatic hydroxyl groups is 1. The summed E-state index contributed by atoms with van der Waals surface area (Å²) in [5, 5.41) is 10.1. The van der Waals surface area contributed by atoms with E-state index < -0.39 is 0 Å². The van der Waals surface area contributed by atoms with Crippen molar-refractivity contribution in [1.82, 2.24) is 4.90 Å². The number of likely N-dealkylation sites (tertiary alicyclic amines) is 1. The van der Waals surface area contributed by atoms with E-state index in [-0.39, 0.29) is 18.4 Å². The predicted octanol–water partition coefficient (Wildman–Crippen LogP) is 2.85. The summed E-state index contributed by atoms with van der Waals surface area (Å²) in [6.07, 6.45) is 4.08. The third-order valence-electron chi connectivity index (χ3n) is 3.16. The molecule has 0 aromatic heterocycles. The molecule has 1 saturated heterocycles. The molecule has 102 valence electrons. The van der Waals surface area contributed by atoms with Gasteiger partial charge < -0.3 is 10.0 Å². The summed E-state index contributed by atoms with van der Waals surface area (Å²) in [7, 11) is 0. The number of aliphatic hydroxyl groups excluding tert-OH is 1. The molecule has 0 radical (unpaired) electrons. The third-order valence-corrected chi connectivity index (χ3v) is 3.60. The first-order valence-corrected chi connectivity index (χ1v) is 6.88. The molecule has 0 aliphatic carbocycles. The second-order valence-corrected chi connectivity index (χ2v) is 5.53. The summed E-state index contributed by atoms with van der Waals surface area (Å²) in [6, 6.07) is 5.14. The van der Waals surface area contributed by atoms with Gasteiger partial charge in [0.1, 0.15) is 0 Å². The molecule has 1 N–H and O–H groups in total. The molecule has 1 aromatic rings. The van der Waals surface area contributed by atoms with Gasteiger partial charge in [-0.3, -0.25) is 4.79 Å². The Kier molecular flexibility index (Phi) is 4.86. The molecule has 3 nitrogen and oxygen atoms in total. The summed E-state index contributed by atoms with van der Waals surface area (Å²) in [4.78, 5) is 13.7. The van der Waals surface area contributed by atoms with Gasteiger partial charge >= 0.3 is 0 Å². The number of halogens is 2. The number of rotatable bonds is 3. The SMILES string of the molecule is O=C(C=Cc1cc(Cl)cc(Cl)c1)N1CCC(CO)C1. The Hall–Kier alpha value is -1.03. The molecule has 1 fully saturated rings. The first kappa shape index (κ1) is 14.4. The van der Waals surface area contributed by atoms with Crippen LogP contribution in [0.5, 0.6) is 0 Å². The fourth-order valence-corrected chi connectivity index (χ4v) is 2.67. The molecule has 0 bridgehead atoms. The number of amides is 1. The number of nitrogens with zero attached hydrogens (tertiary/aromatic N) is 1. The van der Waals surface area contributed by atoms with Crippen LogP contribution in [0.25, 0.3) is 6.08 Å². The lowest BCUT2D eigenvalue weighted by molar-refractivity contribution is -0.125. The van der Waals surface area contributed by atoms with Crippen LogP contribution in [-0.4, -0.2) is 35.6 Å². The zero-order valence-electron chi connectivity index (χ0n) is 10.4. The van der Waals surface area contributed by atoms with E-state index in [0.717, 1.165) is 12.0 Å². The van der Waals surface area contributed by atoms with E-state index in [4.69, 9.17) is 28.3 Å². The Morgan fingerprint density at radius 2 is 2.05 bits per heavy atom. The van der Waals surface area contributed by atoms with Crippen LogP contribution in [0.2, 0.25) is 10.0 Å². The summed E-state index contributed by atoms with van der Waals surface area (Å²) >= 11 is 11.8. The smallest absolute Gasteiger partial charge is 0.246 e. The van der Waals surface area contributed by atoms with Crippen molar-refractivity contribution < 1.29 is 9.90 Å². The van der Waals surface area contributed by atoms with Gasteiger partial charge in [0.05, 0.1) is 0 Å². The van der Waals surface area contributed by atoms with Crippen LogP contribution in [0, 0.1) is 5.92 Å². The maximum Gasteiger partial charge on any atom is 0.246 e. The van der Waals surface area contributed by atoms with Crippen molar-refractivity contribution in [2.24, 2.45) is 5.92 Å². The van der Waals surface area contributed by atoms with E-state index in [1.54, 1.807) is 29.2 Å². The first-order valence-electron chi connectivity index (χ1n) is 6.12. The zero-order valence-corrected chi connectivity index (χ0v) is 11.9. The normalized spacial score (nSPS) is 19.3. The topological polar surface area (TPSA) is 40.5 Å². The molecule has 0 spiro atoms. The lowest BCUT2D eigenvalue weighted by Gasteiger charge is -2.13. The minimum Gasteiger partial charge on any atom is -0.396 e. The molecule has 1 aliphatic rings. The Labute approximate surface area is 122 Å². The highest BCUT2D eigenvalue weighted by molar-refractivity contribution is 6.34. The van der Waals surface area contributed by atoms with E-state index >= 15 is 0 Å². The molecule has 2 rings (SSSR count). The van der Waals surface area contributed by atoms with Gasteiger partial charge in [0, 0.05) is 41.7 Å². The molecule has 1 aromatic carbocycles. The minimum atomic E-state index is -0.0490. The van der Waals surface area contributed by atoms with Gasteiger partial charge in [0.15, 0.2) is 0 Å². The molecule has 1 aliphatic heterocycles. The van der Waals surface area contributed by atoms with Gasteiger partial charge in [-0.15, -0.1) is 0 Å². The van der Waals surface area contributed by atoms with E-state index in [1.807, 2.05) is 0 Å². The van der Waals surface area contributed by atoms with Crippen molar-refractivity contribution in [1.29, 1.82) is 0 Å². The molecule has 1 amide bonds. The van der Waals surface area contributed by atoms with Crippen molar-refractivity contribution in [2.45, 2.75) is 6.42 Å². The molecule has 1 atom stereocenters. The predicted molar refractivity (Wildman–Crippen MR) is 77.3 cm³/mol. The van der Waals surface area contributed by atoms with Crippen LogP contribution in [0.4, 0.5) is 0 Å². The van der Waals surface area contributed by atoms with Crippen LogP contribution in [0.15, 0.2) is 24.3 Å².